The molecule has 0 aromatic carbocycles. The summed E-state index contributed by atoms with van der Waals surface area (Å²) in [5, 5.41) is 2.91. The average Bonchev–Trinajstić information content (AvgIpc) is 2.28. The Morgan fingerprint density at radius 1 is 1.25 bits per heavy atom. The molecule has 2 aromatic rings. The molecule has 0 saturated carbocycles. The zero-order valence-corrected chi connectivity index (χ0v) is 8.94. The number of aryl methyl sites for hydroxylation is 1. The summed E-state index contributed by atoms with van der Waals surface area (Å²) in [6.45, 7) is 2.39. The first-order valence-corrected chi connectivity index (χ1v) is 5.02. The lowest BCUT2D eigenvalue weighted by Gasteiger charge is -2.06. The lowest BCUT2D eigenvalue weighted by Crippen LogP contribution is -2.05. The van der Waals surface area contributed by atoms with Crippen molar-refractivity contribution in [2.24, 2.45) is 0 Å². The molecule has 2 aromatic heterocycles. The highest BCUT2D eigenvalue weighted by Crippen LogP contribution is 2.09. The van der Waals surface area contributed by atoms with Gasteiger partial charge in [-0.05, 0) is 31.2 Å². The topological polar surface area (TPSA) is 37.8 Å². The Labute approximate surface area is 93.4 Å². The molecule has 0 fully saturated rings. The number of aromatic nitrogens is 2. The molecule has 0 unspecified atom stereocenters. The van der Waals surface area contributed by atoms with Gasteiger partial charge in [-0.15, -0.1) is 0 Å². The van der Waals surface area contributed by atoms with Crippen LogP contribution in [-0.2, 0) is 6.54 Å². The van der Waals surface area contributed by atoms with Gasteiger partial charge in [0.05, 0.1) is 12.2 Å². The predicted octanol–water partition coefficient (Wildman–Crippen LogP) is 2.54. The molecule has 2 heterocycles. The molecule has 0 atom stereocenters. The first kappa shape index (κ1) is 10.5. The number of anilines is 1. The zero-order chi connectivity index (χ0) is 11.4. The van der Waals surface area contributed by atoms with Crippen molar-refractivity contribution in [3.8, 4) is 0 Å². The normalized spacial score (nSPS) is 10.1. The number of nitrogens with zero attached hydrogens (tertiary/aromatic N) is 2. The van der Waals surface area contributed by atoms with Crippen LogP contribution in [0.4, 0.5) is 10.2 Å². The van der Waals surface area contributed by atoms with E-state index in [1.165, 1.54) is 6.07 Å². The molecule has 0 saturated heterocycles. The fourth-order valence-corrected chi connectivity index (χ4v) is 1.39. The van der Waals surface area contributed by atoms with Gasteiger partial charge in [0.2, 0.25) is 0 Å². The van der Waals surface area contributed by atoms with Crippen molar-refractivity contribution in [2.75, 3.05) is 5.32 Å². The minimum absolute atomic E-state index is 0.255. The number of hydrogen-bond donors (Lipinski definition) is 1. The highest BCUT2D eigenvalue weighted by Gasteiger charge is 2.01. The molecule has 0 aliphatic carbocycles. The standard InChI is InChI=1S/C12H12FN3/c1-9-4-2-5-10(16-9)8-15-12-11(13)6-3-7-14-12/h2-7H,8H2,1H3,(H,14,15). The molecule has 0 aliphatic heterocycles. The van der Waals surface area contributed by atoms with Gasteiger partial charge in [-0.3, -0.25) is 4.98 Å². The van der Waals surface area contributed by atoms with Crippen LogP contribution in [0.1, 0.15) is 11.4 Å². The van der Waals surface area contributed by atoms with E-state index in [4.69, 9.17) is 0 Å². The summed E-state index contributed by atoms with van der Waals surface area (Å²) in [4.78, 5) is 8.21. The Bertz CT molecular complexity index is 485. The van der Waals surface area contributed by atoms with Crippen LogP contribution in [0, 0.1) is 12.7 Å². The highest BCUT2D eigenvalue weighted by atomic mass is 19.1. The maximum atomic E-state index is 13.2. The summed E-state index contributed by atoms with van der Waals surface area (Å²) in [5.41, 5.74) is 1.81. The Balaban J connectivity index is 2.05. The third-order valence-corrected chi connectivity index (χ3v) is 2.14. The summed E-state index contributed by atoms with van der Waals surface area (Å²) in [6.07, 6.45) is 1.55. The molecule has 4 heteroatoms. The quantitative estimate of drug-likeness (QED) is 0.858. The minimum atomic E-state index is -0.352. The van der Waals surface area contributed by atoms with Gasteiger partial charge in [0, 0.05) is 11.9 Å². The van der Waals surface area contributed by atoms with Crippen molar-refractivity contribution in [2.45, 2.75) is 13.5 Å². The van der Waals surface area contributed by atoms with Gasteiger partial charge in [-0.2, -0.15) is 0 Å². The molecular formula is C12H12FN3. The van der Waals surface area contributed by atoms with Crippen LogP contribution in [-0.4, -0.2) is 9.97 Å². The summed E-state index contributed by atoms with van der Waals surface area (Å²) < 4.78 is 13.2. The molecule has 0 amide bonds. The van der Waals surface area contributed by atoms with Crippen LogP contribution >= 0.6 is 0 Å². The van der Waals surface area contributed by atoms with Gasteiger partial charge >= 0.3 is 0 Å². The lowest BCUT2D eigenvalue weighted by atomic mass is 10.3. The fraction of sp³-hybridized carbons (Fsp3) is 0.167. The summed E-state index contributed by atoms with van der Waals surface area (Å²) in [5.74, 6) is -0.0963. The Kier molecular flexibility index (Phi) is 3.10. The van der Waals surface area contributed by atoms with Gasteiger partial charge in [0.15, 0.2) is 11.6 Å². The van der Waals surface area contributed by atoms with Crippen molar-refractivity contribution in [1.29, 1.82) is 0 Å². The first-order valence-electron chi connectivity index (χ1n) is 5.02. The summed E-state index contributed by atoms with van der Waals surface area (Å²) in [7, 11) is 0. The molecular weight excluding hydrogens is 205 g/mol. The van der Waals surface area contributed by atoms with Crippen molar-refractivity contribution in [3.63, 3.8) is 0 Å². The second kappa shape index (κ2) is 4.70. The average molecular weight is 217 g/mol. The molecule has 2 rings (SSSR count). The van der Waals surface area contributed by atoms with Gasteiger partial charge in [0.1, 0.15) is 0 Å². The molecule has 1 N–H and O–H groups in total. The molecule has 0 spiro atoms. The molecule has 0 radical (unpaired) electrons. The van der Waals surface area contributed by atoms with E-state index in [9.17, 15) is 4.39 Å². The molecule has 3 nitrogen and oxygen atoms in total. The minimum Gasteiger partial charge on any atom is -0.362 e. The number of halogens is 1. The maximum absolute atomic E-state index is 13.2. The second-order valence-electron chi connectivity index (χ2n) is 3.46. The zero-order valence-electron chi connectivity index (χ0n) is 8.94. The molecule has 0 bridgehead atoms. The summed E-state index contributed by atoms with van der Waals surface area (Å²) in [6, 6.07) is 8.67. The number of hydrogen-bond acceptors (Lipinski definition) is 3. The Morgan fingerprint density at radius 3 is 2.88 bits per heavy atom. The van der Waals surface area contributed by atoms with Gasteiger partial charge in [-0.25, -0.2) is 9.37 Å². The van der Waals surface area contributed by atoms with Crippen LogP contribution in [0.5, 0.6) is 0 Å². The highest BCUT2D eigenvalue weighted by molar-refractivity contribution is 5.35. The third kappa shape index (κ3) is 2.53. The fourth-order valence-electron chi connectivity index (χ4n) is 1.39. The van der Waals surface area contributed by atoms with E-state index >= 15 is 0 Å². The van der Waals surface area contributed by atoms with Crippen molar-refractivity contribution < 1.29 is 4.39 Å². The first-order chi connectivity index (χ1) is 7.75. The monoisotopic (exact) mass is 217 g/mol. The van der Waals surface area contributed by atoms with E-state index in [2.05, 4.69) is 15.3 Å². The third-order valence-electron chi connectivity index (χ3n) is 2.14. The van der Waals surface area contributed by atoms with E-state index < -0.39 is 0 Å². The van der Waals surface area contributed by atoms with E-state index in [-0.39, 0.29) is 11.6 Å². The van der Waals surface area contributed by atoms with Crippen LogP contribution in [0.3, 0.4) is 0 Å². The predicted molar refractivity (Wildman–Crippen MR) is 60.5 cm³/mol. The van der Waals surface area contributed by atoms with Gasteiger partial charge in [0.25, 0.3) is 0 Å². The SMILES string of the molecule is Cc1cccc(CNc2ncccc2F)n1. The van der Waals surface area contributed by atoms with Crippen LogP contribution in [0.15, 0.2) is 36.5 Å². The maximum Gasteiger partial charge on any atom is 0.165 e. The molecule has 0 aliphatic rings. The smallest absolute Gasteiger partial charge is 0.165 e. The van der Waals surface area contributed by atoms with Crippen molar-refractivity contribution in [3.05, 3.63) is 53.7 Å². The Hall–Kier alpha value is -1.97. The van der Waals surface area contributed by atoms with Crippen LogP contribution < -0.4 is 5.32 Å². The summed E-state index contributed by atoms with van der Waals surface area (Å²) >= 11 is 0. The number of nitrogens with one attached hydrogen (secondary N) is 1. The molecule has 82 valence electrons. The van der Waals surface area contributed by atoms with Crippen LogP contribution in [0.2, 0.25) is 0 Å². The van der Waals surface area contributed by atoms with E-state index in [0.717, 1.165) is 11.4 Å². The number of pyridine rings is 2. The van der Waals surface area contributed by atoms with Gasteiger partial charge < -0.3 is 5.32 Å². The van der Waals surface area contributed by atoms with Crippen LogP contribution in [0.25, 0.3) is 0 Å². The van der Waals surface area contributed by atoms with E-state index in [1.807, 2.05) is 25.1 Å². The lowest BCUT2D eigenvalue weighted by molar-refractivity contribution is 0.624. The van der Waals surface area contributed by atoms with E-state index in [0.29, 0.717) is 6.54 Å². The Morgan fingerprint density at radius 2 is 2.12 bits per heavy atom. The second-order valence-corrected chi connectivity index (χ2v) is 3.46. The van der Waals surface area contributed by atoms with E-state index in [1.54, 1.807) is 12.3 Å². The van der Waals surface area contributed by atoms with Crippen molar-refractivity contribution >= 4 is 5.82 Å². The van der Waals surface area contributed by atoms with Gasteiger partial charge in [-0.1, -0.05) is 6.07 Å². The number of rotatable bonds is 3. The molecule has 16 heavy (non-hydrogen) atoms. The largest absolute Gasteiger partial charge is 0.362 e. The van der Waals surface area contributed by atoms with Crippen molar-refractivity contribution in [1.82, 2.24) is 9.97 Å².